The Kier molecular flexibility index (Phi) is 7.48. The van der Waals surface area contributed by atoms with Crippen LogP contribution in [0.15, 0.2) is 182 Å². The Balaban J connectivity index is 0.943. The molecule has 52 heavy (non-hydrogen) atoms. The average molecular weight is 703 g/mol. The van der Waals surface area contributed by atoms with Crippen molar-refractivity contribution in [2.75, 3.05) is 4.90 Å². The van der Waals surface area contributed by atoms with Crippen molar-refractivity contribution in [2.24, 2.45) is 0 Å². The lowest BCUT2D eigenvalue weighted by atomic mass is 10.1. The third kappa shape index (κ3) is 5.37. The van der Waals surface area contributed by atoms with Gasteiger partial charge in [0.25, 0.3) is 0 Å². The van der Waals surface area contributed by atoms with Crippen LogP contribution in [0.3, 0.4) is 0 Å². The number of para-hydroxylation sites is 2. The first kappa shape index (κ1) is 30.5. The molecule has 6 aromatic carbocycles. The summed E-state index contributed by atoms with van der Waals surface area (Å²) in [7, 11) is 0. The molecule has 0 fully saturated rings. The minimum absolute atomic E-state index is 0.882. The van der Waals surface area contributed by atoms with Crippen LogP contribution in [0.2, 0.25) is 0 Å². The molecule has 4 nitrogen and oxygen atoms in total. The van der Waals surface area contributed by atoms with Gasteiger partial charge in [-0.05, 0) is 77.2 Å². The van der Waals surface area contributed by atoms with Crippen LogP contribution >= 0.6 is 22.7 Å². The van der Waals surface area contributed by atoms with Gasteiger partial charge in [-0.3, -0.25) is 9.55 Å². The predicted molar refractivity (Wildman–Crippen MR) is 221 cm³/mol. The largest absolute Gasteiger partial charge is 0.310 e. The normalized spacial score (nSPS) is 11.5. The van der Waals surface area contributed by atoms with E-state index in [0.717, 1.165) is 39.5 Å². The van der Waals surface area contributed by atoms with Crippen LogP contribution in [-0.4, -0.2) is 14.5 Å². The van der Waals surface area contributed by atoms with Crippen molar-refractivity contribution in [1.29, 1.82) is 0 Å². The van der Waals surface area contributed by atoms with Gasteiger partial charge in [0.05, 0.1) is 17.4 Å². The number of imidazole rings is 1. The van der Waals surface area contributed by atoms with E-state index in [1.165, 1.54) is 46.7 Å². The van der Waals surface area contributed by atoms with E-state index >= 15 is 0 Å². The molecule has 0 saturated carbocycles. The van der Waals surface area contributed by atoms with E-state index in [2.05, 4.69) is 172 Å². The number of fused-ring (bicyclic) bond motifs is 3. The van der Waals surface area contributed by atoms with Crippen molar-refractivity contribution in [3.05, 3.63) is 182 Å². The second kappa shape index (κ2) is 12.8. The highest BCUT2D eigenvalue weighted by molar-refractivity contribution is 7.31. The fraction of sp³-hybridized carbons (Fsp3) is 0. The van der Waals surface area contributed by atoms with Gasteiger partial charge in [-0.15, -0.1) is 22.7 Å². The second-order valence-corrected chi connectivity index (χ2v) is 14.9. The first-order chi connectivity index (χ1) is 25.8. The number of hydrogen-bond donors (Lipinski definition) is 0. The van der Waals surface area contributed by atoms with Crippen LogP contribution in [0.25, 0.3) is 69.2 Å². The first-order valence-corrected chi connectivity index (χ1v) is 18.9. The van der Waals surface area contributed by atoms with Crippen LogP contribution < -0.4 is 4.90 Å². The molecule has 246 valence electrons. The predicted octanol–water partition coefficient (Wildman–Crippen LogP) is 13.3. The fourth-order valence-electron chi connectivity index (χ4n) is 7.05. The van der Waals surface area contributed by atoms with Crippen molar-refractivity contribution < 1.29 is 0 Å². The number of anilines is 3. The summed E-state index contributed by atoms with van der Waals surface area (Å²) in [6.45, 7) is 0. The lowest BCUT2D eigenvalue weighted by Gasteiger charge is -2.27. The molecule has 10 rings (SSSR count). The summed E-state index contributed by atoms with van der Waals surface area (Å²) >= 11 is 3.70. The molecule has 0 N–H and O–H groups in total. The summed E-state index contributed by atoms with van der Waals surface area (Å²) in [6, 6.07) is 60.6. The monoisotopic (exact) mass is 702 g/mol. The minimum atomic E-state index is 0.882. The van der Waals surface area contributed by atoms with Crippen LogP contribution in [0.1, 0.15) is 0 Å². The lowest BCUT2D eigenvalue weighted by Crippen LogP contribution is -2.10. The Morgan fingerprint density at radius 2 is 1.12 bits per heavy atom. The van der Waals surface area contributed by atoms with E-state index in [4.69, 9.17) is 4.98 Å². The maximum absolute atomic E-state index is 4.99. The third-order valence-electron chi connectivity index (χ3n) is 9.54. The zero-order valence-electron chi connectivity index (χ0n) is 27.9. The van der Waals surface area contributed by atoms with Gasteiger partial charge in [0, 0.05) is 53.4 Å². The summed E-state index contributed by atoms with van der Waals surface area (Å²) in [4.78, 5) is 14.2. The van der Waals surface area contributed by atoms with Gasteiger partial charge in [-0.2, -0.15) is 0 Å². The molecule has 4 aromatic heterocycles. The fourth-order valence-corrected chi connectivity index (χ4v) is 9.46. The minimum Gasteiger partial charge on any atom is -0.310 e. The molecule has 0 atom stereocenters. The number of pyridine rings is 1. The third-order valence-corrected chi connectivity index (χ3v) is 11.9. The van der Waals surface area contributed by atoms with Gasteiger partial charge < -0.3 is 4.90 Å². The Bertz CT molecular complexity index is 2800. The molecule has 0 unspecified atom stereocenters. The maximum atomic E-state index is 4.99. The quantitative estimate of drug-likeness (QED) is 0.166. The molecular formula is C46H30N4S2. The van der Waals surface area contributed by atoms with Crippen LogP contribution in [0, 0.1) is 0 Å². The molecule has 0 spiro atoms. The summed E-state index contributed by atoms with van der Waals surface area (Å²) in [5, 5.41) is 2.46. The van der Waals surface area contributed by atoms with E-state index in [1.807, 2.05) is 47.2 Å². The van der Waals surface area contributed by atoms with Crippen molar-refractivity contribution in [3.63, 3.8) is 0 Å². The first-order valence-electron chi connectivity index (χ1n) is 17.2. The van der Waals surface area contributed by atoms with E-state index in [9.17, 15) is 0 Å². The Labute approximate surface area is 309 Å². The van der Waals surface area contributed by atoms with Crippen molar-refractivity contribution in [1.82, 2.24) is 14.5 Å². The highest BCUT2D eigenvalue weighted by atomic mass is 32.1. The van der Waals surface area contributed by atoms with E-state index in [0.29, 0.717) is 0 Å². The topological polar surface area (TPSA) is 34.0 Å². The highest BCUT2D eigenvalue weighted by Gasteiger charge is 2.17. The Morgan fingerprint density at radius 1 is 0.519 bits per heavy atom. The van der Waals surface area contributed by atoms with E-state index in [1.54, 1.807) is 0 Å². The summed E-state index contributed by atoms with van der Waals surface area (Å²) in [5.74, 6) is 0.910. The number of thiophene rings is 2. The molecule has 0 amide bonds. The van der Waals surface area contributed by atoms with Crippen LogP contribution in [0.4, 0.5) is 17.1 Å². The average Bonchev–Trinajstić information content (AvgIpc) is 3.92. The van der Waals surface area contributed by atoms with E-state index < -0.39 is 0 Å². The van der Waals surface area contributed by atoms with Crippen molar-refractivity contribution >= 4 is 70.9 Å². The molecule has 0 saturated heterocycles. The van der Waals surface area contributed by atoms with Gasteiger partial charge >= 0.3 is 0 Å². The van der Waals surface area contributed by atoms with Crippen LogP contribution in [0.5, 0.6) is 0 Å². The SMILES string of the molecule is c1ccc(N(c2ccc(-c3cc4sc(-c5ccc(-c6nc7cnccc7n6-c6ccccc6)cc5)cc4s3)cc2)c2cccc3ccccc23)cc1. The smallest absolute Gasteiger partial charge is 0.145 e. The Morgan fingerprint density at radius 3 is 1.85 bits per heavy atom. The molecule has 4 heterocycles. The highest BCUT2D eigenvalue weighted by Crippen LogP contribution is 2.44. The number of hydrogen-bond acceptors (Lipinski definition) is 5. The number of rotatable bonds is 7. The number of benzene rings is 6. The standard InChI is InChI=1S/C46H30N4S2/c1-3-12-35(13-4-1)49(40-17-9-11-31-10-7-8-16-38(31)40)37-24-22-33(23-25-37)43-29-45-44(52-43)28-42(51-45)32-18-20-34(21-19-32)46-48-39-30-47-27-26-41(39)50(46)36-14-5-2-6-15-36/h1-30H. The van der Waals surface area contributed by atoms with Gasteiger partial charge in [0.2, 0.25) is 0 Å². The maximum Gasteiger partial charge on any atom is 0.145 e. The summed E-state index contributed by atoms with van der Waals surface area (Å²) < 4.78 is 4.83. The molecule has 0 aliphatic carbocycles. The molecule has 6 heteroatoms. The molecular weight excluding hydrogens is 673 g/mol. The lowest BCUT2D eigenvalue weighted by molar-refractivity contribution is 1.10. The van der Waals surface area contributed by atoms with Gasteiger partial charge in [0.15, 0.2) is 0 Å². The molecule has 0 aliphatic rings. The molecule has 0 bridgehead atoms. The van der Waals surface area contributed by atoms with E-state index in [-0.39, 0.29) is 0 Å². The van der Waals surface area contributed by atoms with Gasteiger partial charge in [-0.25, -0.2) is 4.98 Å². The molecule has 0 aliphatic heterocycles. The second-order valence-electron chi connectivity index (χ2n) is 12.7. The molecule has 10 aromatic rings. The van der Waals surface area contributed by atoms with Crippen LogP contribution in [-0.2, 0) is 0 Å². The zero-order valence-corrected chi connectivity index (χ0v) is 29.6. The molecule has 0 radical (unpaired) electrons. The number of aromatic nitrogens is 3. The van der Waals surface area contributed by atoms with Gasteiger partial charge in [0.1, 0.15) is 11.3 Å². The summed E-state index contributed by atoms with van der Waals surface area (Å²) in [6.07, 6.45) is 3.66. The zero-order chi connectivity index (χ0) is 34.4. The summed E-state index contributed by atoms with van der Waals surface area (Å²) in [5.41, 5.74) is 9.95. The van der Waals surface area contributed by atoms with Crippen molar-refractivity contribution in [2.45, 2.75) is 0 Å². The number of nitrogens with zero attached hydrogens (tertiary/aromatic N) is 4. The Hall–Kier alpha value is -6.34. The van der Waals surface area contributed by atoms with Gasteiger partial charge in [-0.1, -0.05) is 109 Å². The van der Waals surface area contributed by atoms with Crippen molar-refractivity contribution in [3.8, 4) is 38.0 Å².